The summed E-state index contributed by atoms with van der Waals surface area (Å²) in [6.07, 6.45) is 3.23. The first-order valence-corrected chi connectivity index (χ1v) is 10.9. The molecule has 0 radical (unpaired) electrons. The van der Waals surface area contributed by atoms with Gasteiger partial charge in [0.15, 0.2) is 5.65 Å². The third kappa shape index (κ3) is 4.18. The molecule has 9 nitrogen and oxygen atoms in total. The number of carbonyl (C=O) groups is 1. The summed E-state index contributed by atoms with van der Waals surface area (Å²) < 4.78 is 1.68. The van der Waals surface area contributed by atoms with Crippen molar-refractivity contribution >= 4 is 28.7 Å². The summed E-state index contributed by atoms with van der Waals surface area (Å²) in [6.45, 7) is 5.64. The van der Waals surface area contributed by atoms with Gasteiger partial charge in [0.1, 0.15) is 12.1 Å². The molecule has 9 heteroatoms. The van der Waals surface area contributed by atoms with E-state index in [-0.39, 0.29) is 11.8 Å². The second kappa shape index (κ2) is 8.50. The number of carbonyl (C=O) groups excluding carboxylic acids is 1. The predicted octanol–water partition coefficient (Wildman–Crippen LogP) is 1.73. The molecule has 0 atom stereocenters. The van der Waals surface area contributed by atoms with Gasteiger partial charge in [-0.05, 0) is 44.2 Å². The lowest BCUT2D eigenvalue weighted by molar-refractivity contribution is -0.120. The normalized spacial score (nSPS) is 18.5. The van der Waals surface area contributed by atoms with Crippen molar-refractivity contribution in [1.29, 1.82) is 0 Å². The van der Waals surface area contributed by atoms with Crippen LogP contribution in [0.3, 0.4) is 0 Å². The van der Waals surface area contributed by atoms with Gasteiger partial charge in [-0.2, -0.15) is 4.52 Å². The molecular formula is C22H28N8O. The van der Waals surface area contributed by atoms with Gasteiger partial charge < -0.3 is 20.0 Å². The number of nitrogens with one attached hydrogen (secondary N) is 1. The zero-order valence-electron chi connectivity index (χ0n) is 17.8. The third-order valence-electron chi connectivity index (χ3n) is 6.34. The molecule has 0 bridgehead atoms. The van der Waals surface area contributed by atoms with Gasteiger partial charge in [0, 0.05) is 45.2 Å². The van der Waals surface area contributed by atoms with Crippen LogP contribution in [0, 0.1) is 5.92 Å². The summed E-state index contributed by atoms with van der Waals surface area (Å²) in [7, 11) is 2.15. The van der Waals surface area contributed by atoms with Crippen molar-refractivity contribution in [1.82, 2.24) is 24.7 Å². The van der Waals surface area contributed by atoms with Crippen molar-refractivity contribution in [2.24, 2.45) is 5.92 Å². The lowest BCUT2D eigenvalue weighted by Gasteiger charge is -2.35. The van der Waals surface area contributed by atoms with E-state index in [1.54, 1.807) is 10.8 Å². The fourth-order valence-corrected chi connectivity index (χ4v) is 4.40. The van der Waals surface area contributed by atoms with Gasteiger partial charge in [-0.15, -0.1) is 15.3 Å². The minimum Gasteiger partial charge on any atom is -0.367 e. The Labute approximate surface area is 181 Å². The molecule has 1 N–H and O–H groups in total. The zero-order valence-corrected chi connectivity index (χ0v) is 17.8. The molecule has 2 saturated heterocycles. The largest absolute Gasteiger partial charge is 0.367 e. The molecule has 1 aromatic carbocycles. The van der Waals surface area contributed by atoms with E-state index < -0.39 is 0 Å². The molecule has 0 aliphatic carbocycles. The second-order valence-corrected chi connectivity index (χ2v) is 8.38. The van der Waals surface area contributed by atoms with Crippen molar-refractivity contribution in [2.45, 2.75) is 12.8 Å². The topological polar surface area (TPSA) is 81.9 Å². The maximum atomic E-state index is 13.0. The maximum absolute atomic E-state index is 13.0. The van der Waals surface area contributed by atoms with Crippen molar-refractivity contribution in [3.8, 4) is 0 Å². The molecule has 2 aliphatic heterocycles. The number of amides is 1. The predicted molar refractivity (Wildman–Crippen MR) is 121 cm³/mol. The van der Waals surface area contributed by atoms with Gasteiger partial charge in [-0.3, -0.25) is 4.79 Å². The van der Waals surface area contributed by atoms with Gasteiger partial charge in [-0.25, -0.2) is 0 Å². The van der Waals surface area contributed by atoms with E-state index in [2.05, 4.69) is 48.4 Å². The maximum Gasteiger partial charge on any atom is 0.227 e. The molecule has 0 unspecified atom stereocenters. The number of piperidine rings is 1. The number of aromatic nitrogens is 4. The van der Waals surface area contributed by atoms with Crippen molar-refractivity contribution < 1.29 is 4.79 Å². The lowest BCUT2D eigenvalue weighted by Crippen LogP contribution is -2.45. The average molecular weight is 421 g/mol. The fraction of sp³-hybridized carbons (Fsp3) is 0.455. The Morgan fingerprint density at radius 3 is 2.55 bits per heavy atom. The van der Waals surface area contributed by atoms with E-state index in [1.165, 1.54) is 0 Å². The van der Waals surface area contributed by atoms with E-state index in [4.69, 9.17) is 0 Å². The van der Waals surface area contributed by atoms with E-state index in [1.807, 2.05) is 30.3 Å². The lowest BCUT2D eigenvalue weighted by atomic mass is 9.95. The van der Waals surface area contributed by atoms with Crippen LogP contribution >= 0.6 is 0 Å². The van der Waals surface area contributed by atoms with Gasteiger partial charge in [0.2, 0.25) is 5.91 Å². The van der Waals surface area contributed by atoms with E-state index in [0.29, 0.717) is 0 Å². The van der Waals surface area contributed by atoms with Crippen LogP contribution in [0.5, 0.6) is 0 Å². The smallest absolute Gasteiger partial charge is 0.227 e. The summed E-state index contributed by atoms with van der Waals surface area (Å²) in [4.78, 5) is 20.0. The molecule has 2 aliphatic rings. The third-order valence-corrected chi connectivity index (χ3v) is 6.34. The Hall–Kier alpha value is -3.20. The number of likely N-dealkylation sites (N-methyl/N-ethyl adjacent to an activating group) is 1. The minimum atomic E-state index is 0.00966. The molecular weight excluding hydrogens is 392 g/mol. The van der Waals surface area contributed by atoms with E-state index in [9.17, 15) is 4.79 Å². The highest BCUT2D eigenvalue weighted by Gasteiger charge is 2.27. The van der Waals surface area contributed by atoms with Gasteiger partial charge in [-0.1, -0.05) is 12.1 Å². The van der Waals surface area contributed by atoms with E-state index >= 15 is 0 Å². The fourth-order valence-electron chi connectivity index (χ4n) is 4.40. The van der Waals surface area contributed by atoms with Crippen LogP contribution in [-0.2, 0) is 4.79 Å². The molecule has 3 aromatic rings. The van der Waals surface area contributed by atoms with Gasteiger partial charge in [0.25, 0.3) is 0 Å². The minimum absolute atomic E-state index is 0.00966. The van der Waals surface area contributed by atoms with Crippen LogP contribution in [0.15, 0.2) is 42.7 Å². The van der Waals surface area contributed by atoms with Crippen LogP contribution in [0.25, 0.3) is 5.65 Å². The first kappa shape index (κ1) is 19.7. The highest BCUT2D eigenvalue weighted by molar-refractivity contribution is 5.96. The van der Waals surface area contributed by atoms with Crippen molar-refractivity contribution in [2.75, 3.05) is 61.4 Å². The van der Waals surface area contributed by atoms with Gasteiger partial charge >= 0.3 is 0 Å². The first-order valence-electron chi connectivity index (χ1n) is 10.9. The Kier molecular flexibility index (Phi) is 5.42. The summed E-state index contributed by atoms with van der Waals surface area (Å²) in [5.41, 5.74) is 2.77. The standard InChI is InChI=1S/C22H28N8O/c1-27-12-14-28(15-13-27)19-5-3-2-4-18(19)24-22(31)17-8-10-29(11-9-17)21-7-6-20-25-23-16-30(20)26-21/h2-7,16-17H,8-15H2,1H3,(H,24,31). The summed E-state index contributed by atoms with van der Waals surface area (Å²) >= 11 is 0. The number of hydrogen-bond donors (Lipinski definition) is 1. The summed E-state index contributed by atoms with van der Waals surface area (Å²) in [5, 5.41) is 15.7. The first-order chi connectivity index (χ1) is 15.2. The highest BCUT2D eigenvalue weighted by atomic mass is 16.1. The molecule has 0 spiro atoms. The van der Waals surface area contributed by atoms with Crippen LogP contribution in [0.4, 0.5) is 17.2 Å². The number of fused-ring (bicyclic) bond motifs is 1. The quantitative estimate of drug-likeness (QED) is 0.688. The van der Waals surface area contributed by atoms with Crippen LogP contribution in [0.2, 0.25) is 0 Å². The Morgan fingerprint density at radius 1 is 0.968 bits per heavy atom. The van der Waals surface area contributed by atoms with Crippen LogP contribution < -0.4 is 15.1 Å². The number of rotatable bonds is 4. The molecule has 31 heavy (non-hydrogen) atoms. The average Bonchev–Trinajstić information content (AvgIpc) is 3.28. The molecule has 2 aromatic heterocycles. The zero-order chi connectivity index (χ0) is 21.2. The molecule has 0 saturated carbocycles. The Balaban J connectivity index is 1.21. The van der Waals surface area contributed by atoms with Crippen LogP contribution in [-0.4, -0.2) is 76.9 Å². The summed E-state index contributed by atoms with van der Waals surface area (Å²) in [6, 6.07) is 12.0. The number of anilines is 3. The Morgan fingerprint density at radius 2 is 1.74 bits per heavy atom. The summed E-state index contributed by atoms with van der Waals surface area (Å²) in [5.74, 6) is 1.02. The molecule has 162 valence electrons. The highest BCUT2D eigenvalue weighted by Crippen LogP contribution is 2.29. The molecule has 4 heterocycles. The number of nitrogens with zero attached hydrogens (tertiary/aromatic N) is 7. The molecule has 1 amide bonds. The van der Waals surface area contributed by atoms with E-state index in [0.717, 1.165) is 74.9 Å². The monoisotopic (exact) mass is 420 g/mol. The number of benzene rings is 1. The number of hydrogen-bond acceptors (Lipinski definition) is 7. The Bertz CT molecular complexity index is 1050. The number of para-hydroxylation sites is 2. The molecule has 2 fully saturated rings. The van der Waals surface area contributed by atoms with Crippen LogP contribution in [0.1, 0.15) is 12.8 Å². The number of piperazine rings is 1. The second-order valence-electron chi connectivity index (χ2n) is 8.38. The van der Waals surface area contributed by atoms with Crippen molar-refractivity contribution in [3.63, 3.8) is 0 Å². The van der Waals surface area contributed by atoms with Crippen molar-refractivity contribution in [3.05, 3.63) is 42.7 Å². The molecule has 5 rings (SSSR count). The van der Waals surface area contributed by atoms with Gasteiger partial charge in [0.05, 0.1) is 11.4 Å². The SMILES string of the molecule is CN1CCN(c2ccccc2NC(=O)C2CCN(c3ccc4nncn4n3)CC2)CC1.